The lowest BCUT2D eigenvalue weighted by atomic mass is 9.97. The summed E-state index contributed by atoms with van der Waals surface area (Å²) in [6.45, 7) is 5.72. The number of hydrogen-bond acceptors (Lipinski definition) is 2. The summed E-state index contributed by atoms with van der Waals surface area (Å²) in [7, 11) is 0. The van der Waals surface area contributed by atoms with Gasteiger partial charge in [0.05, 0.1) is 5.69 Å². The van der Waals surface area contributed by atoms with E-state index in [0.29, 0.717) is 11.3 Å². The maximum atomic E-state index is 14.6. The zero-order valence-corrected chi connectivity index (χ0v) is 17.2. The fourth-order valence-corrected chi connectivity index (χ4v) is 3.88. The van der Waals surface area contributed by atoms with Crippen molar-refractivity contribution in [2.24, 2.45) is 0 Å². The first-order valence-corrected chi connectivity index (χ1v) is 9.89. The molecule has 0 bridgehead atoms. The van der Waals surface area contributed by atoms with Gasteiger partial charge in [0.15, 0.2) is 0 Å². The number of benzene rings is 3. The zero-order chi connectivity index (χ0) is 21.4. The molecule has 0 spiro atoms. The predicted molar refractivity (Wildman–Crippen MR) is 116 cm³/mol. The van der Waals surface area contributed by atoms with Crippen LogP contribution in [0.25, 0.3) is 0 Å². The molecule has 1 atom stereocenters. The Morgan fingerprint density at radius 1 is 0.833 bits per heavy atom. The minimum atomic E-state index is -0.941. The highest BCUT2D eigenvalue weighted by atomic mass is 19.1. The van der Waals surface area contributed by atoms with Crippen molar-refractivity contribution in [2.75, 3.05) is 16.3 Å². The number of hydrogen-bond donors (Lipinski definition) is 0. The molecule has 0 radical (unpaired) electrons. The number of carbonyl (C=O) groups excluding carboxylic acids is 2. The number of carbonyl (C=O) groups is 2. The molecule has 0 aromatic heterocycles. The highest BCUT2D eigenvalue weighted by molar-refractivity contribution is 6.14. The number of para-hydroxylation sites is 1. The van der Waals surface area contributed by atoms with E-state index >= 15 is 0 Å². The van der Waals surface area contributed by atoms with Crippen LogP contribution in [-0.4, -0.2) is 18.4 Å². The van der Waals surface area contributed by atoms with Gasteiger partial charge in [0.1, 0.15) is 18.4 Å². The summed E-state index contributed by atoms with van der Waals surface area (Å²) in [5, 5.41) is 0. The second-order valence-electron chi connectivity index (χ2n) is 7.67. The fraction of sp³-hybridized carbons (Fsp3) is 0.200. The van der Waals surface area contributed by atoms with Crippen molar-refractivity contribution in [2.45, 2.75) is 26.8 Å². The molecule has 5 heteroatoms. The van der Waals surface area contributed by atoms with Crippen LogP contribution >= 0.6 is 0 Å². The lowest BCUT2D eigenvalue weighted by molar-refractivity contribution is -0.128. The Kier molecular flexibility index (Phi) is 5.12. The number of nitrogens with zero attached hydrogens (tertiary/aromatic N) is 2. The van der Waals surface area contributed by atoms with Crippen LogP contribution in [0.3, 0.4) is 0 Å². The van der Waals surface area contributed by atoms with Gasteiger partial charge in [-0.15, -0.1) is 0 Å². The monoisotopic (exact) mass is 402 g/mol. The fourth-order valence-electron chi connectivity index (χ4n) is 3.88. The van der Waals surface area contributed by atoms with Gasteiger partial charge >= 0.3 is 0 Å². The Bertz CT molecular complexity index is 1120. The summed E-state index contributed by atoms with van der Waals surface area (Å²) >= 11 is 0. The summed E-state index contributed by atoms with van der Waals surface area (Å²) in [6, 6.07) is 18.3. The van der Waals surface area contributed by atoms with Crippen LogP contribution in [0.1, 0.15) is 28.3 Å². The van der Waals surface area contributed by atoms with E-state index in [0.717, 1.165) is 16.7 Å². The van der Waals surface area contributed by atoms with Crippen molar-refractivity contribution in [1.82, 2.24) is 0 Å². The van der Waals surface area contributed by atoms with Crippen molar-refractivity contribution >= 4 is 23.2 Å². The van der Waals surface area contributed by atoms with Crippen LogP contribution < -0.4 is 9.80 Å². The number of amides is 2. The van der Waals surface area contributed by atoms with E-state index in [1.54, 1.807) is 12.1 Å². The van der Waals surface area contributed by atoms with E-state index in [2.05, 4.69) is 0 Å². The third kappa shape index (κ3) is 3.36. The van der Waals surface area contributed by atoms with Crippen LogP contribution in [0.15, 0.2) is 66.7 Å². The lowest BCUT2D eigenvalue weighted by Gasteiger charge is -2.41. The molecule has 4 nitrogen and oxygen atoms in total. The number of aryl methyl sites for hydroxylation is 2. The van der Waals surface area contributed by atoms with E-state index in [1.807, 2.05) is 63.2 Å². The van der Waals surface area contributed by atoms with E-state index in [9.17, 15) is 14.0 Å². The number of rotatable bonds is 3. The second kappa shape index (κ2) is 7.75. The van der Waals surface area contributed by atoms with Gasteiger partial charge in [-0.3, -0.25) is 14.5 Å². The average Bonchev–Trinajstić information content (AvgIpc) is 2.73. The maximum absolute atomic E-state index is 14.6. The van der Waals surface area contributed by atoms with Crippen LogP contribution in [0.4, 0.5) is 15.8 Å². The molecular weight excluding hydrogens is 379 g/mol. The molecule has 0 aliphatic carbocycles. The molecule has 152 valence electrons. The lowest BCUT2D eigenvalue weighted by Crippen LogP contribution is -2.56. The molecule has 1 heterocycles. The Morgan fingerprint density at radius 3 is 2.20 bits per heavy atom. The van der Waals surface area contributed by atoms with Gasteiger partial charge in [-0.25, -0.2) is 4.39 Å². The van der Waals surface area contributed by atoms with Crippen molar-refractivity contribution in [3.63, 3.8) is 0 Å². The van der Waals surface area contributed by atoms with Gasteiger partial charge in [-0.1, -0.05) is 54.1 Å². The summed E-state index contributed by atoms with van der Waals surface area (Å²) in [4.78, 5) is 29.8. The highest BCUT2D eigenvalue weighted by Gasteiger charge is 2.43. The van der Waals surface area contributed by atoms with E-state index in [4.69, 9.17) is 0 Å². The summed E-state index contributed by atoms with van der Waals surface area (Å²) in [5.41, 5.74) is 4.49. The molecule has 4 rings (SSSR count). The number of anilines is 2. The molecule has 3 aromatic rings. The minimum Gasteiger partial charge on any atom is -0.301 e. The molecular formula is C25H23FN2O2. The minimum absolute atomic E-state index is 0.113. The SMILES string of the molecule is Cc1ccc(C2C(=O)N(c3cccc(C)c3C)CC(=O)N2c2ccccc2F)cc1. The molecule has 0 saturated carbocycles. The van der Waals surface area contributed by atoms with Crippen LogP contribution in [0, 0.1) is 26.6 Å². The molecule has 3 aromatic carbocycles. The van der Waals surface area contributed by atoms with Gasteiger partial charge in [-0.2, -0.15) is 0 Å². The van der Waals surface area contributed by atoms with Crippen LogP contribution in [0.2, 0.25) is 0 Å². The van der Waals surface area contributed by atoms with Crippen molar-refractivity contribution in [3.05, 3.63) is 94.8 Å². The van der Waals surface area contributed by atoms with Crippen molar-refractivity contribution < 1.29 is 14.0 Å². The average molecular weight is 402 g/mol. The summed E-state index contributed by atoms with van der Waals surface area (Å²) in [5.74, 6) is -1.11. The first-order chi connectivity index (χ1) is 14.4. The smallest absolute Gasteiger partial charge is 0.255 e. The van der Waals surface area contributed by atoms with Gasteiger partial charge in [0.25, 0.3) is 5.91 Å². The Morgan fingerprint density at radius 2 is 1.50 bits per heavy atom. The molecule has 1 aliphatic heterocycles. The topological polar surface area (TPSA) is 40.6 Å². The second-order valence-corrected chi connectivity index (χ2v) is 7.67. The van der Waals surface area contributed by atoms with Crippen LogP contribution in [-0.2, 0) is 9.59 Å². The van der Waals surface area contributed by atoms with E-state index in [1.165, 1.54) is 21.9 Å². The van der Waals surface area contributed by atoms with Gasteiger partial charge in [0, 0.05) is 5.69 Å². The van der Waals surface area contributed by atoms with Crippen molar-refractivity contribution in [1.29, 1.82) is 0 Å². The molecule has 1 fully saturated rings. The Balaban J connectivity index is 1.86. The molecule has 1 saturated heterocycles. The molecule has 30 heavy (non-hydrogen) atoms. The standard InChI is InChI=1S/C25H23FN2O2/c1-16-11-13-19(14-12-16)24-25(30)27(21-10-6-7-17(2)18(21)3)15-23(29)28(24)22-9-5-4-8-20(22)26/h4-14,24H,15H2,1-3H3. The largest absolute Gasteiger partial charge is 0.301 e. The third-order valence-electron chi connectivity index (χ3n) is 5.69. The number of piperazine rings is 1. The third-order valence-corrected chi connectivity index (χ3v) is 5.69. The molecule has 2 amide bonds. The molecule has 0 N–H and O–H groups in total. The first-order valence-electron chi connectivity index (χ1n) is 9.89. The van der Waals surface area contributed by atoms with E-state index < -0.39 is 11.9 Å². The molecule has 1 aliphatic rings. The quantitative estimate of drug-likeness (QED) is 0.627. The predicted octanol–water partition coefficient (Wildman–Crippen LogP) is 4.87. The first kappa shape index (κ1) is 19.8. The maximum Gasteiger partial charge on any atom is 0.255 e. The Labute approximate surface area is 175 Å². The molecule has 1 unspecified atom stereocenters. The van der Waals surface area contributed by atoms with Crippen LogP contribution in [0.5, 0.6) is 0 Å². The van der Waals surface area contributed by atoms with Gasteiger partial charge in [0.2, 0.25) is 5.91 Å². The van der Waals surface area contributed by atoms with Gasteiger partial charge < -0.3 is 4.90 Å². The Hall–Kier alpha value is -3.47. The normalized spacial score (nSPS) is 16.9. The summed E-state index contributed by atoms with van der Waals surface area (Å²) in [6.07, 6.45) is 0. The van der Waals surface area contributed by atoms with Gasteiger partial charge in [-0.05, 0) is 55.7 Å². The number of halogens is 1. The zero-order valence-electron chi connectivity index (χ0n) is 17.2. The van der Waals surface area contributed by atoms with E-state index in [-0.39, 0.29) is 24.0 Å². The van der Waals surface area contributed by atoms with Crippen molar-refractivity contribution in [3.8, 4) is 0 Å². The summed E-state index contributed by atoms with van der Waals surface area (Å²) < 4.78 is 14.6. The highest BCUT2D eigenvalue weighted by Crippen LogP contribution is 2.36.